The fourth-order valence-electron chi connectivity index (χ4n) is 3.46. The van der Waals surface area contributed by atoms with E-state index in [9.17, 15) is 9.59 Å². The van der Waals surface area contributed by atoms with Crippen LogP contribution in [-0.4, -0.2) is 67.5 Å². The van der Waals surface area contributed by atoms with E-state index in [0.717, 1.165) is 43.3 Å². The molecule has 0 saturated carbocycles. The van der Waals surface area contributed by atoms with Gasteiger partial charge in [0.25, 0.3) is 0 Å². The second-order valence-electron chi connectivity index (χ2n) is 7.39. The highest BCUT2D eigenvalue weighted by atomic mass is 35.5. The molecular weight excluding hydrogens is 480 g/mol. The van der Waals surface area contributed by atoms with Gasteiger partial charge in [-0.15, -0.1) is 11.8 Å². The van der Waals surface area contributed by atoms with Crippen molar-refractivity contribution in [3.63, 3.8) is 0 Å². The number of nitrogens with zero attached hydrogens (tertiary/aromatic N) is 2. The summed E-state index contributed by atoms with van der Waals surface area (Å²) >= 11 is 12.7. The quantitative estimate of drug-likeness (QED) is 0.333. The molecule has 33 heavy (non-hydrogen) atoms. The van der Waals surface area contributed by atoms with Crippen LogP contribution >= 0.6 is 35.6 Å². The Kier molecular flexibility index (Phi) is 9.37. The normalized spacial score (nSPS) is 14.0. The van der Waals surface area contributed by atoms with Gasteiger partial charge in [0.2, 0.25) is 5.91 Å². The summed E-state index contributed by atoms with van der Waals surface area (Å²) < 4.78 is 4.86. The Bertz CT molecular complexity index is 996. The van der Waals surface area contributed by atoms with Crippen molar-refractivity contribution in [1.82, 2.24) is 10.2 Å². The zero-order valence-corrected chi connectivity index (χ0v) is 21.0. The number of ether oxygens (including phenoxy) is 1. The summed E-state index contributed by atoms with van der Waals surface area (Å²) in [6.07, 6.45) is 0. The van der Waals surface area contributed by atoms with Crippen LogP contribution in [0.3, 0.4) is 0 Å². The second kappa shape index (κ2) is 12.2. The van der Waals surface area contributed by atoms with E-state index in [1.807, 2.05) is 18.2 Å². The largest absolute Gasteiger partial charge is 0.465 e. The van der Waals surface area contributed by atoms with Crippen LogP contribution in [0, 0.1) is 0 Å². The lowest BCUT2D eigenvalue weighted by atomic mass is 10.1. The van der Waals surface area contributed by atoms with Gasteiger partial charge in [0.05, 0.1) is 29.8 Å². The molecule has 0 aliphatic carbocycles. The lowest BCUT2D eigenvalue weighted by Gasteiger charge is -2.36. The number of hydrogen-bond donors (Lipinski definition) is 2. The number of amides is 1. The summed E-state index contributed by atoms with van der Waals surface area (Å²) in [6, 6.07) is 12.6. The van der Waals surface area contributed by atoms with Crippen LogP contribution in [-0.2, 0) is 9.53 Å². The van der Waals surface area contributed by atoms with Gasteiger partial charge in [0.1, 0.15) is 0 Å². The molecule has 0 spiro atoms. The number of likely N-dealkylation sites (N-methyl/N-ethyl adjacent to an activating group) is 1. The number of thioether (sulfide) groups is 1. The molecule has 1 aliphatic heterocycles. The minimum absolute atomic E-state index is 0.173. The molecule has 0 radical (unpaired) electrons. The van der Waals surface area contributed by atoms with Crippen molar-refractivity contribution in [2.75, 3.05) is 55.8 Å². The molecule has 1 aliphatic rings. The monoisotopic (exact) mass is 506 g/mol. The molecule has 0 bridgehead atoms. The van der Waals surface area contributed by atoms with Gasteiger partial charge in [0, 0.05) is 36.1 Å². The van der Waals surface area contributed by atoms with E-state index in [4.69, 9.17) is 28.6 Å². The van der Waals surface area contributed by atoms with Crippen molar-refractivity contribution in [3.8, 4) is 0 Å². The molecule has 1 heterocycles. The molecule has 2 aromatic carbocycles. The Morgan fingerprint density at radius 2 is 1.82 bits per heavy atom. The Labute approximate surface area is 208 Å². The van der Waals surface area contributed by atoms with Gasteiger partial charge in [-0.2, -0.15) is 0 Å². The fraction of sp³-hybridized carbons (Fsp3) is 0.348. The van der Waals surface area contributed by atoms with Crippen molar-refractivity contribution in [2.45, 2.75) is 11.8 Å². The number of benzene rings is 2. The number of carbonyl (C=O) groups is 2. The number of anilines is 2. The molecule has 10 heteroatoms. The van der Waals surface area contributed by atoms with E-state index in [0.29, 0.717) is 16.3 Å². The third-order valence-electron chi connectivity index (χ3n) is 5.26. The molecule has 0 atom stereocenters. The number of hydrogen-bond acceptors (Lipinski definition) is 7. The average molecular weight is 507 g/mol. The highest BCUT2D eigenvalue weighted by Crippen LogP contribution is 2.29. The molecule has 3 rings (SSSR count). The molecule has 7 nitrogen and oxygen atoms in total. The predicted octanol–water partition coefficient (Wildman–Crippen LogP) is 3.87. The van der Waals surface area contributed by atoms with E-state index < -0.39 is 5.97 Å². The lowest BCUT2D eigenvalue weighted by molar-refractivity contribution is -0.117. The topological polar surface area (TPSA) is 73.9 Å². The summed E-state index contributed by atoms with van der Waals surface area (Å²) in [5.41, 5.74) is 1.98. The second-order valence-corrected chi connectivity index (χ2v) is 9.28. The van der Waals surface area contributed by atoms with Crippen LogP contribution in [0.4, 0.5) is 11.4 Å². The number of thiocarbonyl (C=S) groups is 1. The molecule has 2 aromatic rings. The number of carbonyl (C=O) groups excluding carboxylic acids is 2. The van der Waals surface area contributed by atoms with Crippen molar-refractivity contribution < 1.29 is 14.3 Å². The highest BCUT2D eigenvalue weighted by Gasteiger charge is 2.20. The first-order valence-electron chi connectivity index (χ1n) is 10.6. The van der Waals surface area contributed by atoms with E-state index >= 15 is 0 Å². The fourth-order valence-corrected chi connectivity index (χ4v) is 4.51. The first-order valence-corrected chi connectivity index (χ1v) is 12.4. The predicted molar refractivity (Wildman–Crippen MR) is 139 cm³/mol. The molecule has 1 amide bonds. The van der Waals surface area contributed by atoms with Gasteiger partial charge in [-0.3, -0.25) is 4.79 Å². The van der Waals surface area contributed by atoms with Gasteiger partial charge < -0.3 is 25.2 Å². The number of rotatable bonds is 7. The minimum Gasteiger partial charge on any atom is -0.465 e. The zero-order chi connectivity index (χ0) is 23.8. The Balaban J connectivity index is 1.66. The Morgan fingerprint density at radius 1 is 1.12 bits per heavy atom. The summed E-state index contributed by atoms with van der Waals surface area (Å²) in [7, 11) is 1.34. The van der Waals surface area contributed by atoms with Crippen molar-refractivity contribution in [1.29, 1.82) is 0 Å². The SMILES string of the molecule is CCN1CCN(c2ccc(C(=O)OC)cc2NC(=S)NC(=O)CSc2ccc(Cl)cc2)CC1. The van der Waals surface area contributed by atoms with Crippen LogP contribution < -0.4 is 15.5 Å². The highest BCUT2D eigenvalue weighted by molar-refractivity contribution is 8.00. The van der Waals surface area contributed by atoms with E-state index in [1.54, 1.807) is 24.3 Å². The van der Waals surface area contributed by atoms with Crippen molar-refractivity contribution in [3.05, 3.63) is 53.1 Å². The van der Waals surface area contributed by atoms with Crippen molar-refractivity contribution >= 4 is 63.9 Å². The standard InChI is InChI=1S/C23H27ClN4O3S2/c1-3-27-10-12-28(13-11-27)20-9-4-16(22(30)31-2)14-19(20)25-23(32)26-21(29)15-33-18-7-5-17(24)6-8-18/h4-9,14H,3,10-13,15H2,1-2H3,(H2,25,26,29,32). The number of methoxy groups -OCH3 is 1. The molecule has 0 unspecified atom stereocenters. The molecule has 0 aromatic heterocycles. The Hall–Kier alpha value is -2.33. The molecular formula is C23H27ClN4O3S2. The number of piperazine rings is 1. The average Bonchev–Trinajstić information content (AvgIpc) is 2.83. The summed E-state index contributed by atoms with van der Waals surface area (Å²) in [5, 5.41) is 6.63. The molecule has 1 saturated heterocycles. The summed E-state index contributed by atoms with van der Waals surface area (Å²) in [4.78, 5) is 30.0. The van der Waals surface area contributed by atoms with E-state index in [-0.39, 0.29) is 16.8 Å². The van der Waals surface area contributed by atoms with Gasteiger partial charge in [-0.25, -0.2) is 4.79 Å². The van der Waals surface area contributed by atoms with Crippen molar-refractivity contribution in [2.24, 2.45) is 0 Å². The minimum atomic E-state index is -0.435. The third kappa shape index (κ3) is 7.33. The van der Waals surface area contributed by atoms with E-state index in [1.165, 1.54) is 18.9 Å². The van der Waals surface area contributed by atoms with Gasteiger partial charge in [0.15, 0.2) is 5.11 Å². The van der Waals surface area contributed by atoms with Crippen LogP contribution in [0.1, 0.15) is 17.3 Å². The zero-order valence-electron chi connectivity index (χ0n) is 18.6. The Morgan fingerprint density at radius 3 is 2.45 bits per heavy atom. The van der Waals surface area contributed by atoms with E-state index in [2.05, 4.69) is 27.4 Å². The van der Waals surface area contributed by atoms with Gasteiger partial charge >= 0.3 is 5.97 Å². The summed E-state index contributed by atoms with van der Waals surface area (Å²) in [6.45, 7) is 6.80. The maximum absolute atomic E-state index is 12.4. The molecule has 176 valence electrons. The van der Waals surface area contributed by atoms with Crippen LogP contribution in [0.15, 0.2) is 47.4 Å². The molecule has 2 N–H and O–H groups in total. The maximum Gasteiger partial charge on any atom is 0.337 e. The first-order chi connectivity index (χ1) is 15.9. The number of esters is 1. The third-order valence-corrected chi connectivity index (χ3v) is 6.73. The number of halogens is 1. The number of nitrogens with one attached hydrogen (secondary N) is 2. The lowest BCUT2D eigenvalue weighted by Crippen LogP contribution is -2.46. The van der Waals surface area contributed by atoms with Crippen LogP contribution in [0.2, 0.25) is 5.02 Å². The van der Waals surface area contributed by atoms with Crippen LogP contribution in [0.5, 0.6) is 0 Å². The van der Waals surface area contributed by atoms with Crippen LogP contribution in [0.25, 0.3) is 0 Å². The maximum atomic E-state index is 12.4. The molecule has 1 fully saturated rings. The smallest absolute Gasteiger partial charge is 0.337 e. The first kappa shape index (κ1) is 25.3. The van der Waals surface area contributed by atoms with Gasteiger partial charge in [-0.05, 0) is 61.2 Å². The summed E-state index contributed by atoms with van der Waals surface area (Å²) in [5.74, 6) is -0.457. The van der Waals surface area contributed by atoms with Gasteiger partial charge in [-0.1, -0.05) is 18.5 Å².